The van der Waals surface area contributed by atoms with Gasteiger partial charge in [0.05, 0.1) is 5.54 Å². The van der Waals surface area contributed by atoms with Crippen LogP contribution in [-0.4, -0.2) is 18.0 Å². The molecule has 3 nitrogen and oxygen atoms in total. The zero-order valence-corrected chi connectivity index (χ0v) is 9.47. The van der Waals surface area contributed by atoms with Crippen molar-refractivity contribution in [3.63, 3.8) is 0 Å². The van der Waals surface area contributed by atoms with Crippen molar-refractivity contribution in [1.29, 1.82) is 0 Å². The number of carbonyl (C=O) groups excluding carboxylic acids is 1. The zero-order chi connectivity index (χ0) is 10.8. The standard InChI is InChI=1S/C11H22N2O/c1-4-11(3,12)10(14)13-7-8(2)9-5-6-9/h8-9H,4-7,12H2,1-3H3,(H,13,14). The van der Waals surface area contributed by atoms with Crippen LogP contribution in [0.15, 0.2) is 0 Å². The number of carbonyl (C=O) groups is 1. The van der Waals surface area contributed by atoms with Crippen molar-refractivity contribution in [3.8, 4) is 0 Å². The molecule has 0 aromatic rings. The second-order valence-electron chi connectivity index (χ2n) is 4.80. The van der Waals surface area contributed by atoms with Crippen molar-refractivity contribution in [1.82, 2.24) is 5.32 Å². The van der Waals surface area contributed by atoms with Crippen LogP contribution in [0.1, 0.15) is 40.0 Å². The number of nitrogens with one attached hydrogen (secondary N) is 1. The normalized spacial score (nSPS) is 22.6. The molecule has 2 unspecified atom stereocenters. The van der Waals surface area contributed by atoms with Gasteiger partial charge in [0.1, 0.15) is 0 Å². The highest BCUT2D eigenvalue weighted by atomic mass is 16.2. The first-order valence-electron chi connectivity index (χ1n) is 5.54. The van der Waals surface area contributed by atoms with Crippen molar-refractivity contribution < 1.29 is 4.79 Å². The van der Waals surface area contributed by atoms with E-state index in [2.05, 4.69) is 12.2 Å². The summed E-state index contributed by atoms with van der Waals surface area (Å²) in [6.45, 7) is 6.68. The Balaban J connectivity index is 2.26. The van der Waals surface area contributed by atoms with E-state index in [1.807, 2.05) is 6.92 Å². The molecule has 82 valence electrons. The summed E-state index contributed by atoms with van der Waals surface area (Å²) in [5, 5.41) is 2.93. The minimum atomic E-state index is -0.705. The molecule has 0 spiro atoms. The lowest BCUT2D eigenvalue weighted by atomic mass is 9.99. The van der Waals surface area contributed by atoms with Crippen LogP contribution in [0.25, 0.3) is 0 Å². The van der Waals surface area contributed by atoms with E-state index < -0.39 is 5.54 Å². The van der Waals surface area contributed by atoms with E-state index in [1.165, 1.54) is 12.8 Å². The fraction of sp³-hybridized carbons (Fsp3) is 0.909. The molecule has 1 aliphatic carbocycles. The van der Waals surface area contributed by atoms with Crippen molar-refractivity contribution in [2.75, 3.05) is 6.54 Å². The maximum atomic E-state index is 11.6. The topological polar surface area (TPSA) is 55.1 Å². The first-order chi connectivity index (χ1) is 6.47. The number of hydrogen-bond donors (Lipinski definition) is 2. The third-order valence-electron chi connectivity index (χ3n) is 3.26. The Hall–Kier alpha value is -0.570. The Morgan fingerprint density at radius 2 is 2.21 bits per heavy atom. The Labute approximate surface area is 86.4 Å². The van der Waals surface area contributed by atoms with E-state index in [-0.39, 0.29) is 5.91 Å². The maximum Gasteiger partial charge on any atom is 0.239 e. The summed E-state index contributed by atoms with van der Waals surface area (Å²) in [6.07, 6.45) is 3.33. The van der Waals surface area contributed by atoms with Gasteiger partial charge in [-0.15, -0.1) is 0 Å². The highest BCUT2D eigenvalue weighted by molar-refractivity contribution is 5.85. The number of hydrogen-bond acceptors (Lipinski definition) is 2. The molecular weight excluding hydrogens is 176 g/mol. The summed E-state index contributed by atoms with van der Waals surface area (Å²) in [7, 11) is 0. The number of amides is 1. The molecule has 1 fully saturated rings. The lowest BCUT2D eigenvalue weighted by molar-refractivity contribution is -0.126. The predicted octanol–water partition coefficient (Wildman–Crippen LogP) is 1.28. The molecule has 1 amide bonds. The highest BCUT2D eigenvalue weighted by Gasteiger charge is 2.30. The Bertz CT molecular complexity index is 209. The average Bonchev–Trinajstić information content (AvgIpc) is 2.96. The molecule has 0 aliphatic heterocycles. The molecular formula is C11H22N2O. The maximum absolute atomic E-state index is 11.6. The quantitative estimate of drug-likeness (QED) is 0.699. The molecule has 0 bridgehead atoms. The van der Waals surface area contributed by atoms with E-state index in [9.17, 15) is 4.79 Å². The van der Waals surface area contributed by atoms with Gasteiger partial charge in [-0.1, -0.05) is 13.8 Å². The van der Waals surface area contributed by atoms with Gasteiger partial charge in [0.15, 0.2) is 0 Å². The van der Waals surface area contributed by atoms with Crippen LogP contribution < -0.4 is 11.1 Å². The minimum absolute atomic E-state index is 0.0208. The van der Waals surface area contributed by atoms with Crippen LogP contribution in [0.5, 0.6) is 0 Å². The Morgan fingerprint density at radius 3 is 2.64 bits per heavy atom. The molecule has 0 saturated heterocycles. The van der Waals surface area contributed by atoms with Gasteiger partial charge in [0.2, 0.25) is 5.91 Å². The fourth-order valence-corrected chi connectivity index (χ4v) is 1.45. The zero-order valence-electron chi connectivity index (χ0n) is 9.47. The molecule has 14 heavy (non-hydrogen) atoms. The molecule has 1 rings (SSSR count). The molecule has 0 aromatic heterocycles. The lowest BCUT2D eigenvalue weighted by Gasteiger charge is -2.22. The predicted molar refractivity (Wildman–Crippen MR) is 57.8 cm³/mol. The van der Waals surface area contributed by atoms with Gasteiger partial charge in [-0.2, -0.15) is 0 Å². The van der Waals surface area contributed by atoms with Crippen LogP contribution in [0.4, 0.5) is 0 Å². The van der Waals surface area contributed by atoms with Crippen molar-refractivity contribution >= 4 is 5.91 Å². The van der Waals surface area contributed by atoms with Gasteiger partial charge >= 0.3 is 0 Å². The molecule has 3 heteroatoms. The first kappa shape index (κ1) is 11.5. The van der Waals surface area contributed by atoms with Crippen LogP contribution in [0.3, 0.4) is 0 Å². The highest BCUT2D eigenvalue weighted by Crippen LogP contribution is 2.36. The molecule has 0 aromatic carbocycles. The number of rotatable bonds is 5. The molecule has 0 heterocycles. The van der Waals surface area contributed by atoms with Crippen LogP contribution in [0, 0.1) is 11.8 Å². The van der Waals surface area contributed by atoms with Crippen LogP contribution >= 0.6 is 0 Å². The average molecular weight is 198 g/mol. The van der Waals surface area contributed by atoms with E-state index in [4.69, 9.17) is 5.73 Å². The van der Waals surface area contributed by atoms with E-state index in [0.717, 1.165) is 12.5 Å². The summed E-state index contributed by atoms with van der Waals surface area (Å²) < 4.78 is 0. The van der Waals surface area contributed by atoms with Gasteiger partial charge in [-0.05, 0) is 38.0 Å². The SMILES string of the molecule is CCC(C)(N)C(=O)NCC(C)C1CC1. The van der Waals surface area contributed by atoms with E-state index >= 15 is 0 Å². The molecule has 3 N–H and O–H groups in total. The minimum Gasteiger partial charge on any atom is -0.354 e. The monoisotopic (exact) mass is 198 g/mol. The summed E-state index contributed by atoms with van der Waals surface area (Å²) in [6, 6.07) is 0. The summed E-state index contributed by atoms with van der Waals surface area (Å²) in [4.78, 5) is 11.6. The van der Waals surface area contributed by atoms with Crippen molar-refractivity contribution in [2.24, 2.45) is 17.6 Å². The summed E-state index contributed by atoms with van der Waals surface area (Å²) in [5.41, 5.74) is 5.12. The van der Waals surface area contributed by atoms with Crippen molar-refractivity contribution in [2.45, 2.75) is 45.6 Å². The largest absolute Gasteiger partial charge is 0.354 e. The smallest absolute Gasteiger partial charge is 0.239 e. The second-order valence-corrected chi connectivity index (χ2v) is 4.80. The fourth-order valence-electron chi connectivity index (χ4n) is 1.45. The third kappa shape index (κ3) is 2.98. The molecule has 1 saturated carbocycles. The van der Waals surface area contributed by atoms with Gasteiger partial charge in [-0.25, -0.2) is 0 Å². The Kier molecular flexibility index (Phi) is 3.53. The third-order valence-corrected chi connectivity index (χ3v) is 3.26. The van der Waals surface area contributed by atoms with Gasteiger partial charge < -0.3 is 11.1 Å². The summed E-state index contributed by atoms with van der Waals surface area (Å²) in [5.74, 6) is 1.42. The Morgan fingerprint density at radius 1 is 1.64 bits per heavy atom. The van der Waals surface area contributed by atoms with Gasteiger partial charge in [0.25, 0.3) is 0 Å². The van der Waals surface area contributed by atoms with Gasteiger partial charge in [0, 0.05) is 6.54 Å². The van der Waals surface area contributed by atoms with Gasteiger partial charge in [-0.3, -0.25) is 4.79 Å². The molecule has 2 atom stereocenters. The second kappa shape index (κ2) is 4.30. The van der Waals surface area contributed by atoms with Crippen molar-refractivity contribution in [3.05, 3.63) is 0 Å². The number of nitrogens with two attached hydrogens (primary N) is 1. The van der Waals surface area contributed by atoms with E-state index in [0.29, 0.717) is 12.3 Å². The van der Waals surface area contributed by atoms with Crippen LogP contribution in [-0.2, 0) is 4.79 Å². The first-order valence-corrected chi connectivity index (χ1v) is 5.54. The molecule has 1 aliphatic rings. The summed E-state index contributed by atoms with van der Waals surface area (Å²) >= 11 is 0. The van der Waals surface area contributed by atoms with E-state index in [1.54, 1.807) is 6.92 Å². The van der Waals surface area contributed by atoms with Crippen LogP contribution in [0.2, 0.25) is 0 Å². The lowest BCUT2D eigenvalue weighted by Crippen LogP contribution is -2.51. The molecule has 0 radical (unpaired) electrons.